The Kier molecular flexibility index (Phi) is 9.50. The molecule has 4 rings (SSSR count). The number of ether oxygens (including phenoxy) is 1. The molecule has 41 heavy (non-hydrogen) atoms. The fourth-order valence-corrected chi connectivity index (χ4v) is 4.57. The number of amides is 2. The number of alkyl halides is 3. The van der Waals surface area contributed by atoms with E-state index in [9.17, 15) is 27.2 Å². The molecule has 2 N–H and O–H groups in total. The molecule has 214 valence electrons. The van der Waals surface area contributed by atoms with Crippen molar-refractivity contribution in [3.63, 3.8) is 0 Å². The molecule has 14 heteroatoms. The average molecular weight is 608 g/mol. The van der Waals surface area contributed by atoms with Gasteiger partial charge in [0, 0.05) is 11.3 Å². The van der Waals surface area contributed by atoms with Crippen molar-refractivity contribution in [3.05, 3.63) is 94.5 Å². The van der Waals surface area contributed by atoms with Crippen molar-refractivity contribution < 1.29 is 31.9 Å². The molecule has 0 saturated heterocycles. The highest BCUT2D eigenvalue weighted by atomic mass is 35.5. The first-order valence-electron chi connectivity index (χ1n) is 12.1. The number of hydrogen-bond donors (Lipinski definition) is 2. The minimum Gasteiger partial charge on any atom is -0.494 e. The SMILES string of the molecule is CCOc1ccc(-n2c(CNC(=O)c3cccc(F)c3)nnc2SCC(=O)Nc2cc(C(F)(F)F)ccc2Cl)cc1. The molecule has 0 unspecified atom stereocenters. The number of nitrogens with zero attached hydrogens (tertiary/aromatic N) is 3. The van der Waals surface area contributed by atoms with Crippen molar-refractivity contribution in [2.24, 2.45) is 0 Å². The van der Waals surface area contributed by atoms with Crippen LogP contribution in [0, 0.1) is 5.82 Å². The molecule has 0 atom stereocenters. The third-order valence-corrected chi connectivity index (χ3v) is 6.76. The molecule has 0 radical (unpaired) electrons. The molecule has 0 saturated carbocycles. The van der Waals surface area contributed by atoms with Crippen LogP contribution >= 0.6 is 23.4 Å². The first-order chi connectivity index (χ1) is 19.5. The lowest BCUT2D eigenvalue weighted by Gasteiger charge is -2.13. The monoisotopic (exact) mass is 607 g/mol. The second kappa shape index (κ2) is 13.0. The number of halogens is 5. The molecule has 0 bridgehead atoms. The van der Waals surface area contributed by atoms with Gasteiger partial charge in [-0.2, -0.15) is 13.2 Å². The first-order valence-corrected chi connectivity index (χ1v) is 13.4. The van der Waals surface area contributed by atoms with Gasteiger partial charge >= 0.3 is 6.18 Å². The number of hydrogen-bond acceptors (Lipinski definition) is 6. The summed E-state index contributed by atoms with van der Waals surface area (Å²) in [5, 5.41) is 13.6. The normalized spacial score (nSPS) is 11.3. The van der Waals surface area contributed by atoms with Crippen LogP contribution in [-0.4, -0.2) is 38.9 Å². The van der Waals surface area contributed by atoms with Gasteiger partial charge in [-0.25, -0.2) is 4.39 Å². The van der Waals surface area contributed by atoms with Crippen LogP contribution in [0.3, 0.4) is 0 Å². The fraction of sp³-hybridized carbons (Fsp3) is 0.185. The van der Waals surface area contributed by atoms with Gasteiger partial charge in [0.15, 0.2) is 11.0 Å². The first kappa shape index (κ1) is 29.9. The van der Waals surface area contributed by atoms with Crippen LogP contribution in [0.4, 0.5) is 23.2 Å². The molecule has 0 aliphatic carbocycles. The number of rotatable bonds is 10. The Hall–Kier alpha value is -4.10. The highest BCUT2D eigenvalue weighted by Crippen LogP contribution is 2.34. The van der Waals surface area contributed by atoms with Crippen LogP contribution < -0.4 is 15.4 Å². The molecular weight excluding hydrogens is 586 g/mol. The second-order valence-electron chi connectivity index (χ2n) is 8.38. The highest BCUT2D eigenvalue weighted by Gasteiger charge is 2.31. The number of benzene rings is 3. The maximum Gasteiger partial charge on any atom is 0.416 e. The summed E-state index contributed by atoms with van der Waals surface area (Å²) in [6.45, 7) is 2.23. The topological polar surface area (TPSA) is 98.1 Å². The van der Waals surface area contributed by atoms with E-state index in [2.05, 4.69) is 20.8 Å². The van der Waals surface area contributed by atoms with Gasteiger partial charge in [0.2, 0.25) is 5.91 Å². The fourth-order valence-electron chi connectivity index (χ4n) is 3.63. The van der Waals surface area contributed by atoms with Crippen molar-refractivity contribution in [1.82, 2.24) is 20.1 Å². The van der Waals surface area contributed by atoms with Gasteiger partial charge in [-0.1, -0.05) is 29.4 Å². The van der Waals surface area contributed by atoms with Crippen LogP contribution in [0.1, 0.15) is 28.7 Å². The van der Waals surface area contributed by atoms with Gasteiger partial charge in [-0.05, 0) is 67.6 Å². The number of carbonyl (C=O) groups excluding carboxylic acids is 2. The zero-order valence-electron chi connectivity index (χ0n) is 21.3. The average Bonchev–Trinajstić information content (AvgIpc) is 3.34. The summed E-state index contributed by atoms with van der Waals surface area (Å²) in [6, 6.07) is 14.8. The smallest absolute Gasteiger partial charge is 0.416 e. The lowest BCUT2D eigenvalue weighted by atomic mass is 10.2. The number of carbonyl (C=O) groups is 2. The summed E-state index contributed by atoms with van der Waals surface area (Å²) in [4.78, 5) is 25.2. The van der Waals surface area contributed by atoms with E-state index < -0.39 is 29.4 Å². The summed E-state index contributed by atoms with van der Waals surface area (Å²) in [7, 11) is 0. The van der Waals surface area contributed by atoms with Crippen LogP contribution in [-0.2, 0) is 17.5 Å². The highest BCUT2D eigenvalue weighted by molar-refractivity contribution is 7.99. The van der Waals surface area contributed by atoms with Crippen LogP contribution in [0.25, 0.3) is 5.69 Å². The predicted octanol–water partition coefficient (Wildman–Crippen LogP) is 6.14. The summed E-state index contributed by atoms with van der Waals surface area (Å²) >= 11 is 6.95. The minimum atomic E-state index is -4.60. The Balaban J connectivity index is 1.53. The molecular formula is C27H22ClF4N5O3S. The third kappa shape index (κ3) is 7.76. The third-order valence-electron chi connectivity index (χ3n) is 5.50. The van der Waals surface area contributed by atoms with Crippen molar-refractivity contribution in [2.75, 3.05) is 17.7 Å². The van der Waals surface area contributed by atoms with Crippen molar-refractivity contribution in [2.45, 2.75) is 24.8 Å². The van der Waals surface area contributed by atoms with Gasteiger partial charge in [-0.3, -0.25) is 14.2 Å². The number of nitrogens with one attached hydrogen (secondary N) is 2. The lowest BCUT2D eigenvalue weighted by molar-refractivity contribution is -0.137. The maximum atomic E-state index is 13.5. The van der Waals surface area contributed by atoms with E-state index in [0.29, 0.717) is 23.9 Å². The Labute approximate surface area is 241 Å². The molecule has 1 heterocycles. The zero-order chi connectivity index (χ0) is 29.6. The number of thioether (sulfide) groups is 1. The largest absolute Gasteiger partial charge is 0.494 e. The molecule has 0 aliphatic rings. The van der Waals surface area contributed by atoms with Crippen molar-refractivity contribution in [1.29, 1.82) is 0 Å². The molecule has 1 aromatic heterocycles. The van der Waals surface area contributed by atoms with Gasteiger partial charge < -0.3 is 15.4 Å². The molecule has 8 nitrogen and oxygen atoms in total. The Bertz CT molecular complexity index is 1550. The number of aromatic nitrogens is 3. The van der Waals surface area contributed by atoms with E-state index in [4.69, 9.17) is 16.3 Å². The Morgan fingerprint density at radius 3 is 2.49 bits per heavy atom. The van der Waals surface area contributed by atoms with Crippen molar-refractivity contribution >= 4 is 40.9 Å². The summed E-state index contributed by atoms with van der Waals surface area (Å²) < 4.78 is 59.9. The van der Waals surface area contributed by atoms with Gasteiger partial charge in [0.25, 0.3) is 5.91 Å². The van der Waals surface area contributed by atoms with Gasteiger partial charge in [-0.15, -0.1) is 10.2 Å². The van der Waals surface area contributed by atoms with E-state index in [1.165, 1.54) is 18.2 Å². The molecule has 4 aromatic rings. The van der Waals surface area contributed by atoms with Gasteiger partial charge in [0.05, 0.1) is 35.2 Å². The quantitative estimate of drug-likeness (QED) is 0.166. The zero-order valence-corrected chi connectivity index (χ0v) is 22.9. The van der Waals surface area contributed by atoms with E-state index >= 15 is 0 Å². The molecule has 0 fully saturated rings. The number of anilines is 1. The molecule has 0 aliphatic heterocycles. The van der Waals surface area contributed by atoms with Crippen LogP contribution in [0.15, 0.2) is 71.9 Å². The Morgan fingerprint density at radius 2 is 1.80 bits per heavy atom. The van der Waals surface area contributed by atoms with Crippen LogP contribution in [0.2, 0.25) is 5.02 Å². The predicted molar refractivity (Wildman–Crippen MR) is 146 cm³/mol. The van der Waals surface area contributed by atoms with E-state index in [0.717, 1.165) is 36.0 Å². The molecule has 2 amide bonds. The molecule has 0 spiro atoms. The second-order valence-corrected chi connectivity index (χ2v) is 9.73. The van der Waals surface area contributed by atoms with E-state index in [1.54, 1.807) is 28.8 Å². The van der Waals surface area contributed by atoms with Crippen LogP contribution in [0.5, 0.6) is 5.75 Å². The minimum absolute atomic E-state index is 0.0507. The summed E-state index contributed by atoms with van der Waals surface area (Å²) in [6.07, 6.45) is -4.60. The maximum absolute atomic E-state index is 13.5. The summed E-state index contributed by atoms with van der Waals surface area (Å²) in [5.41, 5.74) is -0.417. The lowest BCUT2D eigenvalue weighted by Crippen LogP contribution is -2.24. The van der Waals surface area contributed by atoms with E-state index in [1.807, 2.05) is 6.92 Å². The Morgan fingerprint density at radius 1 is 1.05 bits per heavy atom. The van der Waals surface area contributed by atoms with E-state index in [-0.39, 0.29) is 33.7 Å². The standard InChI is InChI=1S/C27H22ClF4N5O3S/c1-2-40-20-9-7-19(8-10-20)37-23(14-33-25(39)16-4-3-5-18(29)12-16)35-36-26(37)41-15-24(38)34-22-13-17(27(30,31)32)6-11-21(22)28/h3-13H,2,14-15H2,1H3,(H,33,39)(H,34,38). The molecule has 3 aromatic carbocycles. The van der Waals surface area contributed by atoms with Crippen molar-refractivity contribution in [3.8, 4) is 11.4 Å². The summed E-state index contributed by atoms with van der Waals surface area (Å²) in [5.74, 6) is -1.02. The van der Waals surface area contributed by atoms with Gasteiger partial charge in [0.1, 0.15) is 11.6 Å².